The number of rotatable bonds is 5. The van der Waals surface area contributed by atoms with Crippen LogP contribution in [0.15, 0.2) is 73.2 Å². The van der Waals surface area contributed by atoms with E-state index in [0.29, 0.717) is 18.7 Å². The molecule has 1 aromatic carbocycles. The number of pyridine rings is 1. The van der Waals surface area contributed by atoms with Gasteiger partial charge in [-0.15, -0.1) is 6.42 Å². The summed E-state index contributed by atoms with van der Waals surface area (Å²) in [5, 5.41) is 18.9. The van der Waals surface area contributed by atoms with Crippen LogP contribution in [-0.2, 0) is 9.59 Å². The van der Waals surface area contributed by atoms with Crippen LogP contribution in [-0.4, -0.2) is 38.4 Å². The third kappa shape index (κ3) is 5.47. The van der Waals surface area contributed by atoms with Crippen LogP contribution in [0.25, 0.3) is 10.9 Å². The van der Waals surface area contributed by atoms with Gasteiger partial charge in [-0.1, -0.05) is 24.1 Å². The molecule has 0 atom stereocenters. The summed E-state index contributed by atoms with van der Waals surface area (Å²) in [7, 11) is 0. The zero-order valence-corrected chi connectivity index (χ0v) is 14.3. The van der Waals surface area contributed by atoms with Crippen molar-refractivity contribution in [3.05, 3.63) is 73.2 Å². The summed E-state index contributed by atoms with van der Waals surface area (Å²) < 4.78 is 2.07. The summed E-state index contributed by atoms with van der Waals surface area (Å²) in [6, 6.07) is 14.2. The highest BCUT2D eigenvalue weighted by molar-refractivity contribution is 5.89. The third-order valence-electron chi connectivity index (χ3n) is 3.41. The van der Waals surface area contributed by atoms with Crippen molar-refractivity contribution in [1.82, 2.24) is 9.66 Å². The average molecular weight is 363 g/mol. The van der Waals surface area contributed by atoms with Crippen molar-refractivity contribution >= 4 is 28.5 Å². The fraction of sp³-hybridized carbons (Fsp3) is 0.0500. The van der Waals surface area contributed by atoms with Gasteiger partial charge in [-0.3, -0.25) is 14.7 Å². The molecule has 0 aliphatic heterocycles. The van der Waals surface area contributed by atoms with Crippen LogP contribution in [0.1, 0.15) is 0 Å². The molecule has 0 saturated heterocycles. The highest BCUT2D eigenvalue weighted by atomic mass is 16.4. The summed E-state index contributed by atoms with van der Waals surface area (Å²) >= 11 is 0. The van der Waals surface area contributed by atoms with E-state index in [9.17, 15) is 9.59 Å². The van der Waals surface area contributed by atoms with Gasteiger partial charge < -0.3 is 10.2 Å². The van der Waals surface area contributed by atoms with Gasteiger partial charge in [0.15, 0.2) is 0 Å². The molecule has 0 aliphatic carbocycles. The Hall–Kier alpha value is -4.05. The average Bonchev–Trinajstić information content (AvgIpc) is 3.09. The predicted molar refractivity (Wildman–Crippen MR) is 102 cm³/mol. The van der Waals surface area contributed by atoms with Gasteiger partial charge >= 0.3 is 11.9 Å². The second kappa shape index (κ2) is 9.44. The molecule has 2 N–H and O–H groups in total. The van der Waals surface area contributed by atoms with Crippen LogP contribution in [0.2, 0.25) is 0 Å². The molecular formula is C20H17N3O4. The normalized spacial score (nSPS) is 10.0. The quantitative estimate of drug-likeness (QED) is 0.534. The number of hydrogen-bond donors (Lipinski definition) is 2. The van der Waals surface area contributed by atoms with E-state index < -0.39 is 11.9 Å². The first-order valence-electron chi connectivity index (χ1n) is 7.84. The number of carbonyl (C=O) groups is 2. The van der Waals surface area contributed by atoms with Crippen molar-refractivity contribution in [2.75, 3.05) is 11.6 Å². The lowest BCUT2D eigenvalue weighted by Gasteiger charge is -2.24. The second-order valence-corrected chi connectivity index (χ2v) is 5.20. The number of nitrogens with zero attached hydrogens (tertiary/aromatic N) is 3. The van der Waals surface area contributed by atoms with Gasteiger partial charge in [0.2, 0.25) is 0 Å². The maximum atomic E-state index is 9.55. The van der Waals surface area contributed by atoms with Gasteiger partial charge in [0.05, 0.1) is 11.2 Å². The largest absolute Gasteiger partial charge is 0.478 e. The first kappa shape index (κ1) is 19.3. The maximum absolute atomic E-state index is 9.55. The number of terminal acetylenes is 1. The minimum absolute atomic E-state index is 0.503. The Bertz CT molecular complexity index is 971. The molecule has 3 aromatic rings. The standard InChI is InChI=1S/C16H13N3.C4H4O4/c1-2-12-18(15-7-10-17-11-8-15)19-13-9-14-5-3-4-6-16(14)19;5-3(6)1-2-4(7)8/h1,3-11,13H,12H2;1-2H,(H,5,6)(H,7,8). The van der Waals surface area contributed by atoms with Gasteiger partial charge in [0, 0.05) is 36.1 Å². The second-order valence-electron chi connectivity index (χ2n) is 5.20. The van der Waals surface area contributed by atoms with E-state index in [0.717, 1.165) is 11.2 Å². The van der Waals surface area contributed by atoms with Crippen LogP contribution in [0.4, 0.5) is 5.69 Å². The van der Waals surface area contributed by atoms with Crippen molar-refractivity contribution in [3.8, 4) is 12.3 Å². The van der Waals surface area contributed by atoms with Crippen molar-refractivity contribution in [2.24, 2.45) is 0 Å². The lowest BCUT2D eigenvalue weighted by molar-refractivity contribution is -0.134. The Balaban J connectivity index is 0.000000279. The molecule has 136 valence electrons. The summed E-state index contributed by atoms with van der Waals surface area (Å²) in [6.07, 6.45) is 12.2. The molecule has 0 unspecified atom stereocenters. The molecule has 2 heterocycles. The molecule has 0 spiro atoms. The van der Waals surface area contributed by atoms with E-state index >= 15 is 0 Å². The topological polar surface area (TPSA) is 95.7 Å². The number of anilines is 1. The van der Waals surface area contributed by atoms with Crippen molar-refractivity contribution in [3.63, 3.8) is 0 Å². The molecule has 27 heavy (non-hydrogen) atoms. The molecule has 0 amide bonds. The zero-order chi connectivity index (χ0) is 19.6. The highest BCUT2D eigenvalue weighted by Crippen LogP contribution is 2.20. The van der Waals surface area contributed by atoms with Gasteiger partial charge in [-0.2, -0.15) is 0 Å². The van der Waals surface area contributed by atoms with Crippen LogP contribution >= 0.6 is 0 Å². The van der Waals surface area contributed by atoms with Gasteiger partial charge in [0.1, 0.15) is 6.54 Å². The van der Waals surface area contributed by atoms with Crippen LogP contribution in [0.3, 0.4) is 0 Å². The molecule has 0 radical (unpaired) electrons. The lowest BCUT2D eigenvalue weighted by atomic mass is 10.2. The number of carboxylic acid groups (broad SMARTS) is 2. The zero-order valence-electron chi connectivity index (χ0n) is 14.3. The first-order chi connectivity index (χ1) is 13.0. The summed E-state index contributed by atoms with van der Waals surface area (Å²) in [5.41, 5.74) is 2.16. The molecular weight excluding hydrogens is 346 g/mol. The van der Waals surface area contributed by atoms with E-state index in [2.05, 4.69) is 33.8 Å². The van der Waals surface area contributed by atoms with Gasteiger partial charge in [-0.05, 0) is 24.3 Å². The SMILES string of the molecule is C#CCN(c1ccncc1)n1ccc2ccccc21.O=C(O)C=CC(=O)O. The number of aromatic nitrogens is 2. The highest BCUT2D eigenvalue weighted by Gasteiger charge is 2.09. The molecule has 3 rings (SSSR count). The van der Waals surface area contributed by atoms with Crippen molar-refractivity contribution in [1.29, 1.82) is 0 Å². The molecule has 2 aromatic heterocycles. The Labute approximate surface area is 155 Å². The van der Waals surface area contributed by atoms with Crippen LogP contribution in [0, 0.1) is 12.3 Å². The fourth-order valence-electron chi connectivity index (χ4n) is 2.32. The lowest BCUT2D eigenvalue weighted by Crippen LogP contribution is -2.29. The summed E-state index contributed by atoms with van der Waals surface area (Å²) in [4.78, 5) is 23.2. The molecule has 0 aliphatic rings. The Kier molecular flexibility index (Phi) is 6.74. The third-order valence-corrected chi connectivity index (χ3v) is 3.41. The van der Waals surface area contributed by atoms with E-state index in [-0.39, 0.29) is 0 Å². The molecule has 0 fully saturated rings. The number of para-hydroxylation sites is 1. The number of fused-ring (bicyclic) bond motifs is 1. The summed E-state index contributed by atoms with van der Waals surface area (Å²) in [6.45, 7) is 0.503. The Morgan fingerprint density at radius 3 is 2.30 bits per heavy atom. The molecule has 0 bridgehead atoms. The fourth-order valence-corrected chi connectivity index (χ4v) is 2.32. The van der Waals surface area contributed by atoms with Crippen molar-refractivity contribution < 1.29 is 19.8 Å². The van der Waals surface area contributed by atoms with Crippen LogP contribution in [0.5, 0.6) is 0 Å². The van der Waals surface area contributed by atoms with E-state index in [1.807, 2.05) is 35.5 Å². The maximum Gasteiger partial charge on any atom is 0.328 e. The van der Waals surface area contributed by atoms with E-state index in [1.54, 1.807) is 12.4 Å². The first-order valence-corrected chi connectivity index (χ1v) is 7.84. The van der Waals surface area contributed by atoms with E-state index in [1.165, 1.54) is 5.39 Å². The van der Waals surface area contributed by atoms with Gasteiger partial charge in [0.25, 0.3) is 0 Å². The minimum Gasteiger partial charge on any atom is -0.478 e. The number of benzene rings is 1. The number of aliphatic carboxylic acids is 2. The minimum atomic E-state index is -1.26. The Morgan fingerprint density at radius 1 is 1.07 bits per heavy atom. The predicted octanol–water partition coefficient (Wildman–Crippen LogP) is 2.65. The number of hydrogen-bond acceptors (Lipinski definition) is 4. The summed E-state index contributed by atoms with van der Waals surface area (Å²) in [5.74, 6) is 0.190. The molecule has 0 saturated carbocycles. The van der Waals surface area contributed by atoms with Crippen LogP contribution < -0.4 is 5.01 Å². The monoisotopic (exact) mass is 363 g/mol. The molecule has 7 nitrogen and oxygen atoms in total. The van der Waals surface area contributed by atoms with E-state index in [4.69, 9.17) is 16.6 Å². The number of carboxylic acids is 2. The Morgan fingerprint density at radius 2 is 1.70 bits per heavy atom. The van der Waals surface area contributed by atoms with Gasteiger partial charge in [-0.25, -0.2) is 9.59 Å². The molecule has 7 heteroatoms. The smallest absolute Gasteiger partial charge is 0.328 e. The van der Waals surface area contributed by atoms with Crippen molar-refractivity contribution in [2.45, 2.75) is 0 Å².